The maximum atomic E-state index is 12.7. The highest BCUT2D eigenvalue weighted by Crippen LogP contribution is 2.19. The molecule has 1 amide bonds. The van der Waals surface area contributed by atoms with E-state index in [1.165, 1.54) is 10.9 Å². The van der Waals surface area contributed by atoms with Gasteiger partial charge < -0.3 is 5.32 Å². The first-order valence-corrected chi connectivity index (χ1v) is 8.99. The summed E-state index contributed by atoms with van der Waals surface area (Å²) in [5.74, 6) is -0.244. The van der Waals surface area contributed by atoms with Gasteiger partial charge in [-0.25, -0.2) is 4.68 Å². The van der Waals surface area contributed by atoms with Crippen molar-refractivity contribution in [3.05, 3.63) is 69.8 Å². The molecule has 0 fully saturated rings. The lowest BCUT2D eigenvalue weighted by molar-refractivity contribution is -0.385. The number of hydrogen-bond donors (Lipinski definition) is 1. The van der Waals surface area contributed by atoms with Crippen LogP contribution < -0.4 is 5.32 Å². The van der Waals surface area contributed by atoms with Gasteiger partial charge in [0, 0.05) is 17.8 Å². The number of rotatable bonds is 7. The van der Waals surface area contributed by atoms with Crippen LogP contribution in [-0.4, -0.2) is 30.4 Å². The van der Waals surface area contributed by atoms with Gasteiger partial charge in [0.2, 0.25) is 5.91 Å². The van der Waals surface area contributed by atoms with Gasteiger partial charge in [-0.2, -0.15) is 10.2 Å². The lowest BCUT2D eigenvalue weighted by atomic mass is 10.1. The Balaban J connectivity index is 1.75. The van der Waals surface area contributed by atoms with Crippen LogP contribution in [0.1, 0.15) is 36.3 Å². The van der Waals surface area contributed by atoms with Crippen LogP contribution in [0, 0.1) is 24.0 Å². The number of benzene rings is 1. The van der Waals surface area contributed by atoms with E-state index in [4.69, 9.17) is 0 Å². The van der Waals surface area contributed by atoms with E-state index in [-0.39, 0.29) is 11.6 Å². The van der Waals surface area contributed by atoms with Crippen molar-refractivity contribution in [3.8, 4) is 5.69 Å². The molecule has 2 heterocycles. The molecule has 0 aliphatic rings. The van der Waals surface area contributed by atoms with E-state index in [0.29, 0.717) is 13.0 Å². The van der Waals surface area contributed by atoms with Gasteiger partial charge in [0.05, 0.1) is 16.3 Å². The number of nitrogens with one attached hydrogen (secondary N) is 1. The zero-order valence-corrected chi connectivity index (χ0v) is 16.0. The first-order chi connectivity index (χ1) is 13.4. The molecule has 3 rings (SSSR count). The van der Waals surface area contributed by atoms with Gasteiger partial charge in [0.1, 0.15) is 18.4 Å². The molecule has 0 aliphatic carbocycles. The van der Waals surface area contributed by atoms with Gasteiger partial charge in [0.25, 0.3) is 0 Å². The van der Waals surface area contributed by atoms with Gasteiger partial charge in [-0.3, -0.25) is 19.6 Å². The number of aryl methyl sites for hydroxylation is 1. The van der Waals surface area contributed by atoms with Crippen LogP contribution >= 0.6 is 0 Å². The average Bonchev–Trinajstić information content (AvgIpc) is 3.27. The summed E-state index contributed by atoms with van der Waals surface area (Å²) in [6, 6.07) is 9.17. The molecule has 0 aliphatic heterocycles. The Kier molecular flexibility index (Phi) is 5.53. The van der Waals surface area contributed by atoms with E-state index in [9.17, 15) is 14.9 Å². The van der Waals surface area contributed by atoms with Crippen molar-refractivity contribution in [2.24, 2.45) is 0 Å². The zero-order valence-electron chi connectivity index (χ0n) is 16.0. The molecular formula is C19H22N6O3. The summed E-state index contributed by atoms with van der Waals surface area (Å²) < 4.78 is 3.19. The van der Waals surface area contributed by atoms with E-state index in [0.717, 1.165) is 28.8 Å². The Bertz CT molecular complexity index is 993. The molecule has 28 heavy (non-hydrogen) atoms. The molecule has 1 N–H and O–H groups in total. The van der Waals surface area contributed by atoms with Crippen molar-refractivity contribution < 1.29 is 9.72 Å². The van der Waals surface area contributed by atoms with Crippen molar-refractivity contribution in [2.45, 2.75) is 39.8 Å². The lowest BCUT2D eigenvalue weighted by Crippen LogP contribution is -2.32. The standard InChI is InChI=1S/C19H22N6O3/c1-4-18(23-12-16(10-21-23)25(27)28)19(26)20-11-17-13(2)22-24(14(17)3)15-8-6-5-7-9-15/h5-10,12,18H,4,11H2,1-3H3,(H,20,26). The van der Waals surface area contributed by atoms with Gasteiger partial charge in [-0.1, -0.05) is 25.1 Å². The SMILES string of the molecule is CCC(C(=O)NCc1c(C)nn(-c2ccccc2)c1C)n1cc([N+](=O)[O-])cn1. The first-order valence-electron chi connectivity index (χ1n) is 8.99. The third kappa shape index (κ3) is 3.78. The quantitative estimate of drug-likeness (QED) is 0.499. The second-order valence-electron chi connectivity index (χ2n) is 6.47. The van der Waals surface area contributed by atoms with Crippen molar-refractivity contribution in [2.75, 3.05) is 0 Å². The Morgan fingerprint density at radius 3 is 2.61 bits per heavy atom. The molecule has 0 radical (unpaired) electrons. The Morgan fingerprint density at radius 1 is 1.29 bits per heavy atom. The van der Waals surface area contributed by atoms with Crippen molar-refractivity contribution in [3.63, 3.8) is 0 Å². The topological polar surface area (TPSA) is 108 Å². The van der Waals surface area contributed by atoms with Gasteiger partial charge in [0.15, 0.2) is 0 Å². The maximum Gasteiger partial charge on any atom is 0.307 e. The molecule has 0 saturated heterocycles. The normalized spacial score (nSPS) is 12.0. The Labute approximate surface area is 162 Å². The highest BCUT2D eigenvalue weighted by atomic mass is 16.6. The summed E-state index contributed by atoms with van der Waals surface area (Å²) in [4.78, 5) is 23.0. The van der Waals surface area contributed by atoms with Crippen LogP contribution in [0.25, 0.3) is 5.69 Å². The number of nitrogens with zero attached hydrogens (tertiary/aromatic N) is 5. The highest BCUT2D eigenvalue weighted by Gasteiger charge is 2.22. The number of para-hydroxylation sites is 1. The van der Waals surface area contributed by atoms with Gasteiger partial charge in [-0.05, 0) is 32.4 Å². The minimum atomic E-state index is -0.613. The molecule has 9 heteroatoms. The monoisotopic (exact) mass is 382 g/mol. The van der Waals surface area contributed by atoms with Crippen molar-refractivity contribution >= 4 is 11.6 Å². The molecule has 0 saturated carbocycles. The van der Waals surface area contributed by atoms with Crippen LogP contribution in [0.15, 0.2) is 42.7 Å². The minimum absolute atomic E-state index is 0.137. The fraction of sp³-hybridized carbons (Fsp3) is 0.316. The summed E-state index contributed by atoms with van der Waals surface area (Å²) in [7, 11) is 0. The number of nitro groups is 1. The number of aromatic nitrogens is 4. The first kappa shape index (κ1) is 19.3. The summed E-state index contributed by atoms with van der Waals surface area (Å²) in [6.07, 6.45) is 2.89. The summed E-state index contributed by atoms with van der Waals surface area (Å²) in [6.45, 7) is 6.02. The average molecular weight is 382 g/mol. The van der Waals surface area contributed by atoms with E-state index < -0.39 is 11.0 Å². The summed E-state index contributed by atoms with van der Waals surface area (Å²) in [5, 5.41) is 22.3. The predicted octanol–water partition coefficient (Wildman–Crippen LogP) is 2.86. The predicted molar refractivity (Wildman–Crippen MR) is 103 cm³/mol. The van der Waals surface area contributed by atoms with E-state index >= 15 is 0 Å². The molecule has 0 bridgehead atoms. The van der Waals surface area contributed by atoms with Crippen LogP contribution in [0.4, 0.5) is 5.69 Å². The molecule has 9 nitrogen and oxygen atoms in total. The van der Waals surface area contributed by atoms with E-state index in [1.54, 1.807) is 0 Å². The molecule has 1 atom stereocenters. The minimum Gasteiger partial charge on any atom is -0.350 e. The number of carbonyl (C=O) groups excluding carboxylic acids is 1. The zero-order chi connectivity index (χ0) is 20.3. The molecular weight excluding hydrogens is 360 g/mol. The number of amides is 1. The van der Waals surface area contributed by atoms with Crippen LogP contribution in [0.2, 0.25) is 0 Å². The number of carbonyl (C=O) groups is 1. The summed E-state index contributed by atoms with van der Waals surface area (Å²) >= 11 is 0. The van der Waals surface area contributed by atoms with Crippen molar-refractivity contribution in [1.29, 1.82) is 0 Å². The fourth-order valence-electron chi connectivity index (χ4n) is 3.13. The highest BCUT2D eigenvalue weighted by molar-refractivity contribution is 5.80. The second-order valence-corrected chi connectivity index (χ2v) is 6.47. The smallest absolute Gasteiger partial charge is 0.307 e. The van der Waals surface area contributed by atoms with Gasteiger partial charge >= 0.3 is 5.69 Å². The van der Waals surface area contributed by atoms with Crippen LogP contribution in [0.3, 0.4) is 0 Å². The largest absolute Gasteiger partial charge is 0.350 e. The Hall–Kier alpha value is -3.49. The molecule has 1 aromatic carbocycles. The lowest BCUT2D eigenvalue weighted by Gasteiger charge is -2.15. The van der Waals surface area contributed by atoms with Crippen molar-refractivity contribution in [1.82, 2.24) is 24.9 Å². The molecule has 3 aromatic rings. The third-order valence-electron chi connectivity index (χ3n) is 4.69. The molecule has 2 aromatic heterocycles. The fourth-order valence-corrected chi connectivity index (χ4v) is 3.13. The maximum absolute atomic E-state index is 12.7. The molecule has 1 unspecified atom stereocenters. The second kappa shape index (κ2) is 8.03. The number of hydrogen-bond acceptors (Lipinski definition) is 5. The third-order valence-corrected chi connectivity index (χ3v) is 4.69. The van der Waals surface area contributed by atoms with E-state index in [1.807, 2.05) is 55.8 Å². The Morgan fingerprint density at radius 2 is 2.00 bits per heavy atom. The van der Waals surface area contributed by atoms with Gasteiger partial charge in [-0.15, -0.1) is 0 Å². The van der Waals surface area contributed by atoms with Crippen LogP contribution in [-0.2, 0) is 11.3 Å². The van der Waals surface area contributed by atoms with E-state index in [2.05, 4.69) is 15.5 Å². The van der Waals surface area contributed by atoms with Crippen LogP contribution in [0.5, 0.6) is 0 Å². The molecule has 0 spiro atoms. The summed E-state index contributed by atoms with van der Waals surface area (Å²) in [5.41, 5.74) is 3.55. The molecule has 146 valence electrons.